The van der Waals surface area contributed by atoms with Crippen LogP contribution in [0.2, 0.25) is 0 Å². The third-order valence-electron chi connectivity index (χ3n) is 5.89. The fourth-order valence-corrected chi connectivity index (χ4v) is 4.56. The number of hydrogen-bond donors (Lipinski definition) is 1. The smallest absolute Gasteiger partial charge is 0.259 e. The number of fused-ring (bicyclic) bond motifs is 1. The molecule has 3 aromatic carbocycles. The van der Waals surface area contributed by atoms with Gasteiger partial charge in [-0.2, -0.15) is 0 Å². The van der Waals surface area contributed by atoms with Gasteiger partial charge >= 0.3 is 0 Å². The molecule has 0 unspecified atom stereocenters. The molecule has 0 aromatic heterocycles. The third kappa shape index (κ3) is 4.10. The summed E-state index contributed by atoms with van der Waals surface area (Å²) in [5, 5.41) is 3.04. The SMILES string of the molecule is COc1cccc(CNC(=O)[C@@]2(C)Cc3ccccc3C(=O)N2c2ccc(SC)cc2)c1. The molecule has 32 heavy (non-hydrogen) atoms. The number of nitrogens with one attached hydrogen (secondary N) is 1. The van der Waals surface area contributed by atoms with Crippen LogP contribution >= 0.6 is 11.8 Å². The fourth-order valence-electron chi connectivity index (χ4n) is 4.15. The number of nitrogens with zero attached hydrogens (tertiary/aromatic N) is 1. The number of thioether (sulfide) groups is 1. The first-order valence-electron chi connectivity index (χ1n) is 10.4. The van der Waals surface area contributed by atoms with E-state index in [1.54, 1.807) is 23.8 Å². The van der Waals surface area contributed by atoms with Crippen molar-refractivity contribution < 1.29 is 14.3 Å². The highest BCUT2D eigenvalue weighted by Gasteiger charge is 2.47. The van der Waals surface area contributed by atoms with Crippen LogP contribution in [0.4, 0.5) is 5.69 Å². The zero-order valence-corrected chi connectivity index (χ0v) is 19.2. The third-order valence-corrected chi connectivity index (χ3v) is 6.63. The van der Waals surface area contributed by atoms with E-state index in [2.05, 4.69) is 5.32 Å². The van der Waals surface area contributed by atoms with Gasteiger partial charge in [-0.15, -0.1) is 11.8 Å². The summed E-state index contributed by atoms with van der Waals surface area (Å²) in [6, 6.07) is 22.9. The minimum absolute atomic E-state index is 0.164. The molecule has 1 aliphatic heterocycles. The van der Waals surface area contributed by atoms with Gasteiger partial charge in [-0.25, -0.2) is 0 Å². The number of carbonyl (C=O) groups excluding carboxylic acids is 2. The molecule has 4 rings (SSSR count). The summed E-state index contributed by atoms with van der Waals surface area (Å²) in [6.07, 6.45) is 2.44. The van der Waals surface area contributed by atoms with E-state index < -0.39 is 5.54 Å². The Hall–Kier alpha value is -3.25. The first-order chi connectivity index (χ1) is 15.5. The van der Waals surface area contributed by atoms with Crippen molar-refractivity contribution in [3.63, 3.8) is 0 Å². The summed E-state index contributed by atoms with van der Waals surface area (Å²) < 4.78 is 5.28. The van der Waals surface area contributed by atoms with Crippen molar-refractivity contribution in [1.29, 1.82) is 0 Å². The standard InChI is InChI=1S/C26H26N2O3S/c1-26(25(30)27-17-18-7-6-9-21(15-18)31-2)16-19-8-4-5-10-23(19)24(29)28(26)20-11-13-22(32-3)14-12-20/h4-15H,16-17H2,1-3H3,(H,27,30)/t26-/m1/s1. The lowest BCUT2D eigenvalue weighted by molar-refractivity contribution is -0.126. The van der Waals surface area contributed by atoms with Crippen LogP contribution in [0.1, 0.15) is 28.4 Å². The molecule has 0 aliphatic carbocycles. The van der Waals surface area contributed by atoms with E-state index in [0.29, 0.717) is 24.2 Å². The molecular formula is C26H26N2O3S. The van der Waals surface area contributed by atoms with Crippen LogP contribution in [0.25, 0.3) is 0 Å². The van der Waals surface area contributed by atoms with Crippen LogP contribution in [0, 0.1) is 0 Å². The number of hydrogen-bond acceptors (Lipinski definition) is 4. The first-order valence-corrected chi connectivity index (χ1v) is 11.7. The normalized spacial score (nSPS) is 17.6. The van der Waals surface area contributed by atoms with Gasteiger partial charge in [-0.3, -0.25) is 14.5 Å². The summed E-state index contributed by atoms with van der Waals surface area (Å²) in [7, 11) is 1.62. The number of benzene rings is 3. The average molecular weight is 447 g/mol. The highest BCUT2D eigenvalue weighted by atomic mass is 32.2. The number of rotatable bonds is 6. The molecule has 5 nitrogen and oxygen atoms in total. The number of carbonyl (C=O) groups is 2. The van der Waals surface area contributed by atoms with Gasteiger partial charge in [0.15, 0.2) is 0 Å². The number of amides is 2. The number of methoxy groups -OCH3 is 1. The molecule has 0 fully saturated rings. The Kier molecular flexibility index (Phi) is 6.24. The Morgan fingerprint density at radius 2 is 1.84 bits per heavy atom. The largest absolute Gasteiger partial charge is 0.497 e. The van der Waals surface area contributed by atoms with Gasteiger partial charge in [0.2, 0.25) is 5.91 Å². The van der Waals surface area contributed by atoms with E-state index in [9.17, 15) is 9.59 Å². The minimum atomic E-state index is -1.06. The number of ether oxygens (including phenoxy) is 1. The maximum absolute atomic E-state index is 13.6. The molecule has 2 amide bonds. The zero-order valence-electron chi connectivity index (χ0n) is 18.4. The van der Waals surface area contributed by atoms with Crippen LogP contribution in [0.15, 0.2) is 77.7 Å². The quantitative estimate of drug-likeness (QED) is 0.558. The Balaban J connectivity index is 1.68. The topological polar surface area (TPSA) is 58.6 Å². The van der Waals surface area contributed by atoms with Crippen LogP contribution in [-0.2, 0) is 17.8 Å². The molecule has 164 valence electrons. The molecule has 6 heteroatoms. The minimum Gasteiger partial charge on any atom is -0.497 e. The molecule has 0 radical (unpaired) electrons. The zero-order chi connectivity index (χ0) is 22.7. The van der Waals surface area contributed by atoms with Crippen molar-refractivity contribution in [1.82, 2.24) is 5.32 Å². The highest BCUT2D eigenvalue weighted by Crippen LogP contribution is 2.36. The lowest BCUT2D eigenvalue weighted by Crippen LogP contribution is -2.63. The van der Waals surface area contributed by atoms with E-state index in [0.717, 1.165) is 21.8 Å². The molecule has 3 aromatic rings. The maximum Gasteiger partial charge on any atom is 0.259 e. The predicted octanol–water partition coefficient (Wildman–Crippen LogP) is 4.70. The van der Waals surface area contributed by atoms with Gasteiger partial charge in [-0.1, -0.05) is 30.3 Å². The van der Waals surface area contributed by atoms with Gasteiger partial charge in [0.1, 0.15) is 11.3 Å². The average Bonchev–Trinajstić information content (AvgIpc) is 2.83. The van der Waals surface area contributed by atoms with Crippen LogP contribution in [-0.4, -0.2) is 30.7 Å². The lowest BCUT2D eigenvalue weighted by Gasteiger charge is -2.44. The summed E-state index contributed by atoms with van der Waals surface area (Å²) in [6.45, 7) is 2.19. The fraction of sp³-hybridized carbons (Fsp3) is 0.231. The van der Waals surface area contributed by atoms with E-state index >= 15 is 0 Å². The molecule has 0 spiro atoms. The van der Waals surface area contributed by atoms with Crippen molar-refractivity contribution in [2.45, 2.75) is 30.3 Å². The molecule has 1 N–H and O–H groups in total. The second-order valence-electron chi connectivity index (χ2n) is 7.98. The van der Waals surface area contributed by atoms with Gasteiger partial charge < -0.3 is 10.1 Å². The van der Waals surface area contributed by atoms with Gasteiger partial charge in [0.05, 0.1) is 7.11 Å². The predicted molar refractivity (Wildman–Crippen MR) is 128 cm³/mol. The van der Waals surface area contributed by atoms with Crippen molar-refractivity contribution in [3.05, 3.63) is 89.5 Å². The summed E-state index contributed by atoms with van der Waals surface area (Å²) in [5.41, 5.74) is 2.10. The second-order valence-corrected chi connectivity index (χ2v) is 8.86. The van der Waals surface area contributed by atoms with Crippen LogP contribution in [0.5, 0.6) is 5.75 Å². The Morgan fingerprint density at radius 1 is 1.09 bits per heavy atom. The van der Waals surface area contributed by atoms with Crippen LogP contribution in [0.3, 0.4) is 0 Å². The molecule has 0 saturated carbocycles. The first kappa shape index (κ1) is 22.0. The summed E-state index contributed by atoms with van der Waals surface area (Å²) in [5.74, 6) is 0.375. The molecule has 1 heterocycles. The van der Waals surface area contributed by atoms with Gasteiger partial charge in [-0.05, 0) is 66.8 Å². The molecule has 0 bridgehead atoms. The van der Waals surface area contributed by atoms with Gasteiger partial charge in [0, 0.05) is 29.1 Å². The van der Waals surface area contributed by atoms with Crippen molar-refractivity contribution in [2.75, 3.05) is 18.3 Å². The Bertz CT molecular complexity index is 1150. The lowest BCUT2D eigenvalue weighted by atomic mass is 9.82. The van der Waals surface area contributed by atoms with E-state index in [1.165, 1.54) is 0 Å². The van der Waals surface area contributed by atoms with E-state index in [1.807, 2.05) is 86.0 Å². The molecular weight excluding hydrogens is 420 g/mol. The maximum atomic E-state index is 13.6. The van der Waals surface area contributed by atoms with Crippen molar-refractivity contribution in [2.24, 2.45) is 0 Å². The Morgan fingerprint density at radius 3 is 2.56 bits per heavy atom. The second kappa shape index (κ2) is 9.09. The highest BCUT2D eigenvalue weighted by molar-refractivity contribution is 7.98. The summed E-state index contributed by atoms with van der Waals surface area (Å²) in [4.78, 5) is 29.9. The molecule has 1 atom stereocenters. The van der Waals surface area contributed by atoms with Crippen molar-refractivity contribution in [3.8, 4) is 5.75 Å². The Labute approximate surface area is 192 Å². The van der Waals surface area contributed by atoms with Crippen LogP contribution < -0.4 is 15.0 Å². The molecule has 1 aliphatic rings. The van der Waals surface area contributed by atoms with E-state index in [4.69, 9.17) is 4.74 Å². The van der Waals surface area contributed by atoms with Gasteiger partial charge in [0.25, 0.3) is 5.91 Å². The van der Waals surface area contributed by atoms with E-state index in [-0.39, 0.29) is 11.8 Å². The van der Waals surface area contributed by atoms with Crippen molar-refractivity contribution >= 4 is 29.3 Å². The number of anilines is 1. The molecule has 0 saturated heterocycles. The monoisotopic (exact) mass is 446 g/mol. The summed E-state index contributed by atoms with van der Waals surface area (Å²) >= 11 is 1.64.